The number of aryl methyl sites for hydroxylation is 3. The van der Waals surface area contributed by atoms with E-state index in [9.17, 15) is 0 Å². The predicted octanol–water partition coefficient (Wildman–Crippen LogP) is 2.72. The standard InChI is InChI=1S/C16H20N4/c1-10-6-7-17-15(8-10)16-19-11(2)14(12(3)20-16)9-18-13-4-5-13/h6-8,13,18H,4-5,9H2,1-3H3. The third-order valence-corrected chi connectivity index (χ3v) is 3.71. The van der Waals surface area contributed by atoms with Crippen molar-refractivity contribution < 1.29 is 0 Å². The Bertz CT molecular complexity index is 609. The molecule has 2 aromatic heterocycles. The van der Waals surface area contributed by atoms with Gasteiger partial charge >= 0.3 is 0 Å². The maximum Gasteiger partial charge on any atom is 0.178 e. The summed E-state index contributed by atoms with van der Waals surface area (Å²) in [6.07, 6.45) is 4.40. The Hall–Kier alpha value is -1.81. The van der Waals surface area contributed by atoms with Gasteiger partial charge in [0.05, 0.1) is 0 Å². The SMILES string of the molecule is Cc1ccnc(-c2nc(C)c(CNC3CC3)c(C)n2)c1. The number of hydrogen-bond donors (Lipinski definition) is 1. The largest absolute Gasteiger partial charge is 0.310 e. The fourth-order valence-electron chi connectivity index (χ4n) is 2.30. The highest BCUT2D eigenvalue weighted by molar-refractivity contribution is 5.51. The quantitative estimate of drug-likeness (QED) is 0.926. The molecule has 1 saturated carbocycles. The summed E-state index contributed by atoms with van der Waals surface area (Å²) in [5.41, 5.74) is 5.33. The van der Waals surface area contributed by atoms with E-state index >= 15 is 0 Å². The van der Waals surface area contributed by atoms with Crippen LogP contribution >= 0.6 is 0 Å². The van der Waals surface area contributed by atoms with Gasteiger partial charge in [0, 0.05) is 35.7 Å². The van der Waals surface area contributed by atoms with E-state index in [1.165, 1.54) is 24.0 Å². The maximum atomic E-state index is 4.63. The van der Waals surface area contributed by atoms with Crippen LogP contribution in [0.15, 0.2) is 18.3 Å². The average molecular weight is 268 g/mol. The minimum Gasteiger partial charge on any atom is -0.310 e. The number of nitrogens with zero attached hydrogens (tertiary/aromatic N) is 3. The molecule has 0 aliphatic heterocycles. The van der Waals surface area contributed by atoms with Gasteiger partial charge in [-0.15, -0.1) is 0 Å². The van der Waals surface area contributed by atoms with Gasteiger partial charge in [0.25, 0.3) is 0 Å². The van der Waals surface area contributed by atoms with Crippen molar-refractivity contribution in [1.29, 1.82) is 0 Å². The molecule has 0 bridgehead atoms. The molecular formula is C16H20N4. The minimum atomic E-state index is 0.701. The van der Waals surface area contributed by atoms with Gasteiger partial charge in [0.1, 0.15) is 5.69 Å². The third kappa shape index (κ3) is 2.85. The Kier molecular flexibility index (Phi) is 3.49. The summed E-state index contributed by atoms with van der Waals surface area (Å²) in [6, 6.07) is 4.71. The molecule has 20 heavy (non-hydrogen) atoms. The van der Waals surface area contributed by atoms with E-state index in [-0.39, 0.29) is 0 Å². The van der Waals surface area contributed by atoms with Crippen molar-refractivity contribution in [2.24, 2.45) is 0 Å². The molecule has 104 valence electrons. The number of nitrogens with one attached hydrogen (secondary N) is 1. The molecule has 0 unspecified atom stereocenters. The Morgan fingerprint density at radius 2 is 1.85 bits per heavy atom. The van der Waals surface area contributed by atoms with Crippen LogP contribution in [0.2, 0.25) is 0 Å². The second-order valence-electron chi connectivity index (χ2n) is 5.57. The zero-order valence-electron chi connectivity index (χ0n) is 12.3. The lowest BCUT2D eigenvalue weighted by Crippen LogP contribution is -2.18. The van der Waals surface area contributed by atoms with Crippen molar-refractivity contribution in [2.45, 2.75) is 46.2 Å². The molecule has 0 aromatic carbocycles. The Balaban J connectivity index is 1.90. The molecular weight excluding hydrogens is 248 g/mol. The second kappa shape index (κ2) is 5.29. The van der Waals surface area contributed by atoms with Gasteiger partial charge < -0.3 is 5.32 Å². The van der Waals surface area contributed by atoms with Crippen LogP contribution in [0.5, 0.6) is 0 Å². The lowest BCUT2D eigenvalue weighted by atomic mass is 10.1. The van der Waals surface area contributed by atoms with Crippen LogP contribution in [0.4, 0.5) is 0 Å². The van der Waals surface area contributed by atoms with Crippen LogP contribution in [0, 0.1) is 20.8 Å². The van der Waals surface area contributed by atoms with E-state index in [2.05, 4.69) is 41.0 Å². The van der Waals surface area contributed by atoms with E-state index in [0.717, 1.165) is 29.5 Å². The monoisotopic (exact) mass is 268 g/mol. The maximum absolute atomic E-state index is 4.63. The predicted molar refractivity (Wildman–Crippen MR) is 79.3 cm³/mol. The Morgan fingerprint density at radius 1 is 1.15 bits per heavy atom. The van der Waals surface area contributed by atoms with Crippen LogP contribution in [0.1, 0.15) is 35.4 Å². The molecule has 4 nitrogen and oxygen atoms in total. The van der Waals surface area contributed by atoms with E-state index < -0.39 is 0 Å². The molecule has 1 fully saturated rings. The van der Waals surface area contributed by atoms with Crippen molar-refractivity contribution in [3.8, 4) is 11.5 Å². The molecule has 1 aliphatic carbocycles. The van der Waals surface area contributed by atoms with Gasteiger partial charge in [0.15, 0.2) is 5.82 Å². The molecule has 0 spiro atoms. The minimum absolute atomic E-state index is 0.701. The molecule has 1 aliphatic rings. The van der Waals surface area contributed by atoms with Crippen molar-refractivity contribution in [1.82, 2.24) is 20.3 Å². The topological polar surface area (TPSA) is 50.7 Å². The van der Waals surface area contributed by atoms with E-state index in [0.29, 0.717) is 6.04 Å². The normalized spacial score (nSPS) is 14.6. The van der Waals surface area contributed by atoms with Crippen LogP contribution in [-0.2, 0) is 6.54 Å². The highest BCUT2D eigenvalue weighted by Crippen LogP contribution is 2.21. The van der Waals surface area contributed by atoms with Crippen molar-refractivity contribution in [3.63, 3.8) is 0 Å². The third-order valence-electron chi connectivity index (χ3n) is 3.71. The van der Waals surface area contributed by atoms with Crippen LogP contribution in [0.25, 0.3) is 11.5 Å². The van der Waals surface area contributed by atoms with Gasteiger partial charge in [-0.3, -0.25) is 4.98 Å². The fourth-order valence-corrected chi connectivity index (χ4v) is 2.30. The Morgan fingerprint density at radius 3 is 2.45 bits per heavy atom. The average Bonchev–Trinajstić information content (AvgIpc) is 3.21. The number of hydrogen-bond acceptors (Lipinski definition) is 4. The van der Waals surface area contributed by atoms with Crippen LogP contribution in [-0.4, -0.2) is 21.0 Å². The van der Waals surface area contributed by atoms with Gasteiger partial charge in [-0.25, -0.2) is 9.97 Å². The van der Waals surface area contributed by atoms with Crippen molar-refractivity contribution in [2.75, 3.05) is 0 Å². The highest BCUT2D eigenvalue weighted by Gasteiger charge is 2.21. The zero-order valence-corrected chi connectivity index (χ0v) is 12.3. The summed E-state index contributed by atoms with van der Waals surface area (Å²) in [5, 5.41) is 3.53. The molecule has 0 atom stereocenters. The fraction of sp³-hybridized carbons (Fsp3) is 0.438. The van der Waals surface area contributed by atoms with E-state index in [1.54, 1.807) is 6.20 Å². The number of aromatic nitrogens is 3. The lowest BCUT2D eigenvalue weighted by molar-refractivity contribution is 0.675. The highest BCUT2D eigenvalue weighted by atomic mass is 15.0. The van der Waals surface area contributed by atoms with Gasteiger partial charge in [-0.1, -0.05) is 0 Å². The summed E-state index contributed by atoms with van der Waals surface area (Å²) in [5.74, 6) is 0.721. The molecule has 0 amide bonds. The van der Waals surface area contributed by atoms with Crippen LogP contribution < -0.4 is 5.32 Å². The van der Waals surface area contributed by atoms with Crippen molar-refractivity contribution >= 4 is 0 Å². The van der Waals surface area contributed by atoms with Crippen molar-refractivity contribution in [3.05, 3.63) is 40.8 Å². The summed E-state index contributed by atoms with van der Waals surface area (Å²) < 4.78 is 0. The van der Waals surface area contributed by atoms with Crippen LogP contribution in [0.3, 0.4) is 0 Å². The smallest absolute Gasteiger partial charge is 0.178 e. The van der Waals surface area contributed by atoms with Gasteiger partial charge in [-0.05, 0) is 51.3 Å². The summed E-state index contributed by atoms with van der Waals surface area (Å²) in [4.78, 5) is 13.6. The number of rotatable bonds is 4. The molecule has 0 radical (unpaired) electrons. The second-order valence-corrected chi connectivity index (χ2v) is 5.57. The first-order valence-electron chi connectivity index (χ1n) is 7.14. The first kappa shape index (κ1) is 13.2. The zero-order chi connectivity index (χ0) is 14.1. The first-order chi connectivity index (χ1) is 9.63. The summed E-state index contributed by atoms with van der Waals surface area (Å²) in [6.45, 7) is 7.03. The summed E-state index contributed by atoms with van der Waals surface area (Å²) >= 11 is 0. The molecule has 0 saturated heterocycles. The van der Waals surface area contributed by atoms with Gasteiger partial charge in [-0.2, -0.15) is 0 Å². The Labute approximate surface area is 119 Å². The molecule has 3 rings (SSSR count). The van der Waals surface area contributed by atoms with E-state index in [4.69, 9.17) is 0 Å². The van der Waals surface area contributed by atoms with Gasteiger partial charge in [0.2, 0.25) is 0 Å². The molecule has 2 aromatic rings. The summed E-state index contributed by atoms with van der Waals surface area (Å²) in [7, 11) is 0. The molecule has 4 heteroatoms. The molecule has 2 heterocycles. The lowest BCUT2D eigenvalue weighted by Gasteiger charge is -2.11. The number of pyridine rings is 1. The first-order valence-corrected chi connectivity index (χ1v) is 7.14. The molecule has 1 N–H and O–H groups in total. The van der Waals surface area contributed by atoms with E-state index in [1.807, 2.05) is 12.1 Å².